The number of rotatable bonds is 6. The molecule has 1 aliphatic heterocycles. The Balaban J connectivity index is 2.10. The van der Waals surface area contributed by atoms with Crippen LogP contribution < -0.4 is 20.5 Å². The second-order valence-corrected chi connectivity index (χ2v) is 5.77. The second kappa shape index (κ2) is 8.54. The van der Waals surface area contributed by atoms with Crippen molar-refractivity contribution >= 4 is 11.8 Å². The van der Waals surface area contributed by atoms with Crippen molar-refractivity contribution in [3.05, 3.63) is 23.8 Å². The number of nitrogens with zero attached hydrogens (tertiary/aromatic N) is 1. The first-order valence-corrected chi connectivity index (χ1v) is 8.09. The lowest BCUT2D eigenvalue weighted by Crippen LogP contribution is -2.46. The molecule has 1 aliphatic rings. The summed E-state index contributed by atoms with van der Waals surface area (Å²) in [4.78, 5) is 26.6. The van der Waals surface area contributed by atoms with Crippen molar-refractivity contribution in [1.29, 1.82) is 0 Å². The van der Waals surface area contributed by atoms with Crippen LogP contribution in [0.5, 0.6) is 11.5 Å². The van der Waals surface area contributed by atoms with Gasteiger partial charge in [-0.05, 0) is 25.0 Å². The van der Waals surface area contributed by atoms with Gasteiger partial charge in [0.05, 0.1) is 20.1 Å². The Morgan fingerprint density at radius 3 is 2.50 bits per heavy atom. The summed E-state index contributed by atoms with van der Waals surface area (Å²) < 4.78 is 10.4. The summed E-state index contributed by atoms with van der Waals surface area (Å²) in [6.45, 7) is 1.91. The Morgan fingerprint density at radius 2 is 1.92 bits per heavy atom. The zero-order valence-electron chi connectivity index (χ0n) is 14.2. The number of likely N-dealkylation sites (tertiary alicyclic amines) is 1. The van der Waals surface area contributed by atoms with Gasteiger partial charge >= 0.3 is 0 Å². The van der Waals surface area contributed by atoms with E-state index in [-0.39, 0.29) is 17.7 Å². The van der Waals surface area contributed by atoms with Crippen molar-refractivity contribution < 1.29 is 19.1 Å². The van der Waals surface area contributed by atoms with Crippen LogP contribution in [-0.4, -0.2) is 57.1 Å². The van der Waals surface area contributed by atoms with Crippen LogP contribution >= 0.6 is 0 Å². The molecule has 24 heavy (non-hydrogen) atoms. The number of benzene rings is 1. The molecule has 0 saturated carbocycles. The van der Waals surface area contributed by atoms with Gasteiger partial charge in [0.2, 0.25) is 5.91 Å². The summed E-state index contributed by atoms with van der Waals surface area (Å²) in [5.74, 6) is 0.769. The smallest absolute Gasteiger partial charge is 0.254 e. The molecule has 1 saturated heterocycles. The monoisotopic (exact) mass is 335 g/mol. The number of amides is 2. The molecule has 7 heteroatoms. The number of methoxy groups -OCH3 is 2. The van der Waals surface area contributed by atoms with Crippen LogP contribution in [0, 0.1) is 5.92 Å². The molecule has 0 radical (unpaired) electrons. The van der Waals surface area contributed by atoms with E-state index < -0.39 is 0 Å². The van der Waals surface area contributed by atoms with E-state index in [4.69, 9.17) is 15.2 Å². The van der Waals surface area contributed by atoms with Gasteiger partial charge in [-0.1, -0.05) is 0 Å². The van der Waals surface area contributed by atoms with Gasteiger partial charge in [-0.3, -0.25) is 9.59 Å². The van der Waals surface area contributed by atoms with Crippen molar-refractivity contribution in [2.75, 3.05) is 40.4 Å². The minimum Gasteiger partial charge on any atom is -0.497 e. The first-order valence-electron chi connectivity index (χ1n) is 8.09. The zero-order chi connectivity index (χ0) is 17.5. The van der Waals surface area contributed by atoms with E-state index in [9.17, 15) is 9.59 Å². The van der Waals surface area contributed by atoms with Crippen LogP contribution in [0.25, 0.3) is 0 Å². The van der Waals surface area contributed by atoms with Crippen LogP contribution in [0.15, 0.2) is 18.2 Å². The summed E-state index contributed by atoms with van der Waals surface area (Å²) in [6.07, 6.45) is 1.58. The lowest BCUT2D eigenvalue weighted by molar-refractivity contribution is -0.126. The zero-order valence-corrected chi connectivity index (χ0v) is 14.2. The molecule has 1 unspecified atom stereocenters. The fourth-order valence-corrected chi connectivity index (χ4v) is 2.83. The van der Waals surface area contributed by atoms with Gasteiger partial charge in [-0.15, -0.1) is 0 Å². The van der Waals surface area contributed by atoms with Crippen molar-refractivity contribution in [2.24, 2.45) is 11.7 Å². The number of nitrogens with two attached hydrogens (primary N) is 1. The van der Waals surface area contributed by atoms with Gasteiger partial charge in [0.25, 0.3) is 5.91 Å². The third-order valence-corrected chi connectivity index (χ3v) is 4.12. The highest BCUT2D eigenvalue weighted by Gasteiger charge is 2.29. The van der Waals surface area contributed by atoms with Crippen molar-refractivity contribution in [2.45, 2.75) is 12.8 Å². The predicted molar refractivity (Wildman–Crippen MR) is 90.2 cm³/mol. The minimum absolute atomic E-state index is 0.0406. The fraction of sp³-hybridized carbons (Fsp3) is 0.529. The van der Waals surface area contributed by atoms with E-state index in [2.05, 4.69) is 5.32 Å². The third kappa shape index (κ3) is 4.38. The number of hydrogen-bond donors (Lipinski definition) is 2. The molecular weight excluding hydrogens is 310 g/mol. The van der Waals surface area contributed by atoms with E-state index in [1.54, 1.807) is 37.3 Å². The largest absolute Gasteiger partial charge is 0.497 e. The van der Waals surface area contributed by atoms with E-state index >= 15 is 0 Å². The molecule has 1 fully saturated rings. The molecule has 0 spiro atoms. The molecule has 132 valence electrons. The van der Waals surface area contributed by atoms with Gasteiger partial charge in [0.1, 0.15) is 11.5 Å². The highest BCUT2D eigenvalue weighted by Crippen LogP contribution is 2.25. The van der Waals surface area contributed by atoms with E-state index in [1.807, 2.05) is 0 Å². The van der Waals surface area contributed by atoms with Crippen molar-refractivity contribution in [3.8, 4) is 11.5 Å². The van der Waals surface area contributed by atoms with Gasteiger partial charge in [-0.2, -0.15) is 0 Å². The number of hydrogen-bond acceptors (Lipinski definition) is 5. The maximum absolute atomic E-state index is 12.8. The van der Waals surface area contributed by atoms with E-state index in [1.165, 1.54) is 0 Å². The first-order chi connectivity index (χ1) is 11.6. The van der Waals surface area contributed by atoms with Gasteiger partial charge in [-0.25, -0.2) is 0 Å². The quantitative estimate of drug-likeness (QED) is 0.795. The Labute approximate surface area is 142 Å². The lowest BCUT2D eigenvalue weighted by Gasteiger charge is -2.32. The molecule has 2 amide bonds. The maximum Gasteiger partial charge on any atom is 0.254 e. The predicted octanol–water partition coefficient (Wildman–Crippen LogP) is 0.631. The Kier molecular flexibility index (Phi) is 6.43. The van der Waals surface area contributed by atoms with Gasteiger partial charge < -0.3 is 25.4 Å². The minimum atomic E-state index is -0.193. The summed E-state index contributed by atoms with van der Waals surface area (Å²) in [7, 11) is 3.09. The number of piperidine rings is 1. The molecule has 1 heterocycles. The number of carbonyl (C=O) groups excluding carboxylic acids is 2. The fourth-order valence-electron chi connectivity index (χ4n) is 2.83. The summed E-state index contributed by atoms with van der Waals surface area (Å²) in [5.41, 5.74) is 5.90. The summed E-state index contributed by atoms with van der Waals surface area (Å²) in [5, 5.41) is 2.80. The van der Waals surface area contributed by atoms with E-state index in [0.29, 0.717) is 43.2 Å². The van der Waals surface area contributed by atoms with Crippen molar-refractivity contribution in [3.63, 3.8) is 0 Å². The normalized spacial score (nSPS) is 17.3. The lowest BCUT2D eigenvalue weighted by atomic mass is 9.96. The second-order valence-electron chi connectivity index (χ2n) is 5.77. The van der Waals surface area contributed by atoms with Gasteiger partial charge in [0, 0.05) is 37.8 Å². The van der Waals surface area contributed by atoms with Crippen LogP contribution in [0.1, 0.15) is 23.2 Å². The topological polar surface area (TPSA) is 93.9 Å². The third-order valence-electron chi connectivity index (χ3n) is 4.12. The standard InChI is InChI=1S/C17H25N3O4/c1-23-14-8-13(9-15(10-14)24-2)17(22)20-7-3-4-12(11-20)16(21)19-6-5-18/h8-10,12H,3-7,11,18H2,1-2H3,(H,19,21). The van der Waals surface area contributed by atoms with Crippen LogP contribution in [0.2, 0.25) is 0 Å². The van der Waals surface area contributed by atoms with Crippen LogP contribution in [-0.2, 0) is 4.79 Å². The molecule has 1 atom stereocenters. The number of carbonyl (C=O) groups is 2. The number of nitrogens with one attached hydrogen (secondary N) is 1. The van der Waals surface area contributed by atoms with Crippen molar-refractivity contribution in [1.82, 2.24) is 10.2 Å². The summed E-state index contributed by atoms with van der Waals surface area (Å²) in [6, 6.07) is 5.09. The average molecular weight is 335 g/mol. The molecule has 7 nitrogen and oxygen atoms in total. The summed E-state index contributed by atoms with van der Waals surface area (Å²) >= 11 is 0. The number of ether oxygens (including phenoxy) is 2. The average Bonchev–Trinajstić information content (AvgIpc) is 2.64. The Morgan fingerprint density at radius 1 is 1.25 bits per heavy atom. The van der Waals surface area contributed by atoms with Crippen LogP contribution in [0.3, 0.4) is 0 Å². The molecule has 3 N–H and O–H groups in total. The molecule has 1 aromatic rings. The van der Waals surface area contributed by atoms with Crippen LogP contribution in [0.4, 0.5) is 0 Å². The highest BCUT2D eigenvalue weighted by molar-refractivity contribution is 5.95. The molecule has 0 aliphatic carbocycles. The molecule has 0 bridgehead atoms. The first kappa shape index (κ1) is 18.1. The molecule has 2 rings (SSSR count). The molecule has 0 aromatic heterocycles. The molecule has 1 aromatic carbocycles. The van der Waals surface area contributed by atoms with E-state index in [0.717, 1.165) is 12.8 Å². The van der Waals surface area contributed by atoms with Gasteiger partial charge in [0.15, 0.2) is 0 Å². The Bertz CT molecular complexity index is 569. The SMILES string of the molecule is COc1cc(OC)cc(C(=O)N2CCCC(C(=O)NCCN)C2)c1. The highest BCUT2D eigenvalue weighted by atomic mass is 16.5. The molecular formula is C17H25N3O4. The Hall–Kier alpha value is -2.28. The maximum atomic E-state index is 12.8.